The molecule has 2 aromatic heterocycles. The van der Waals surface area contributed by atoms with Gasteiger partial charge in [0.05, 0.1) is 7.11 Å². The molecular weight excluding hydrogens is 438 g/mol. The van der Waals surface area contributed by atoms with Crippen LogP contribution in [0.5, 0.6) is 5.75 Å². The van der Waals surface area contributed by atoms with Gasteiger partial charge in [-0.15, -0.1) is 0 Å². The number of ether oxygens (including phenoxy) is 1. The van der Waals surface area contributed by atoms with Gasteiger partial charge in [0.25, 0.3) is 5.71 Å². The second-order valence-corrected chi connectivity index (χ2v) is 9.38. The van der Waals surface area contributed by atoms with Gasteiger partial charge in [-0.2, -0.15) is 16.7 Å². The number of fused-ring (bicyclic) bond motifs is 1. The van der Waals surface area contributed by atoms with Crippen molar-refractivity contribution >= 4 is 34.6 Å². The average Bonchev–Trinajstić information content (AvgIpc) is 3.30. The van der Waals surface area contributed by atoms with Crippen molar-refractivity contribution in [3.05, 3.63) is 30.6 Å². The summed E-state index contributed by atoms with van der Waals surface area (Å²) in [7, 11) is 1.64. The topological polar surface area (TPSA) is 93.4 Å². The van der Waals surface area contributed by atoms with E-state index in [1.54, 1.807) is 7.11 Å². The van der Waals surface area contributed by atoms with Crippen molar-refractivity contribution in [3.8, 4) is 17.0 Å². The first-order valence-electron chi connectivity index (χ1n) is 11.6. The first-order chi connectivity index (χ1) is 16.2. The molecule has 1 amide bonds. The van der Waals surface area contributed by atoms with E-state index in [0.717, 1.165) is 67.2 Å². The molecule has 0 unspecified atom stereocenters. The molecular formula is C24H31N5O3S. The average molecular weight is 470 g/mol. The minimum Gasteiger partial charge on any atom is -0.497 e. The number of carbonyl (C=O) groups excluding carboxylic acids is 1. The molecule has 0 aliphatic carbocycles. The maximum Gasteiger partial charge on any atom is 0.263 e. The molecule has 3 aromatic rings. The zero-order valence-electron chi connectivity index (χ0n) is 19.2. The van der Waals surface area contributed by atoms with E-state index in [9.17, 15) is 4.79 Å². The maximum atomic E-state index is 12.6. The first kappa shape index (κ1) is 23.4. The highest BCUT2D eigenvalue weighted by molar-refractivity contribution is 7.99. The van der Waals surface area contributed by atoms with Crippen molar-refractivity contribution < 1.29 is 14.1 Å². The van der Waals surface area contributed by atoms with Gasteiger partial charge in [0.1, 0.15) is 29.0 Å². The zero-order chi connectivity index (χ0) is 23.0. The number of rotatable bonds is 10. The Morgan fingerprint density at radius 2 is 2.00 bits per heavy atom. The summed E-state index contributed by atoms with van der Waals surface area (Å²) < 4.78 is 10.8. The Morgan fingerprint density at radius 1 is 1.21 bits per heavy atom. The van der Waals surface area contributed by atoms with Crippen LogP contribution in [0.2, 0.25) is 0 Å². The normalized spacial score (nSPS) is 14.5. The van der Waals surface area contributed by atoms with Crippen LogP contribution in [0.1, 0.15) is 32.6 Å². The van der Waals surface area contributed by atoms with E-state index in [0.29, 0.717) is 11.4 Å². The van der Waals surface area contributed by atoms with Crippen LogP contribution in [-0.2, 0) is 4.79 Å². The minimum absolute atomic E-state index is 0.0467. The predicted molar refractivity (Wildman–Crippen MR) is 132 cm³/mol. The summed E-state index contributed by atoms with van der Waals surface area (Å²) in [4.78, 5) is 23.6. The molecule has 176 valence electrons. The third-order valence-electron chi connectivity index (χ3n) is 5.89. The van der Waals surface area contributed by atoms with Crippen LogP contribution in [0.15, 0.2) is 35.1 Å². The van der Waals surface area contributed by atoms with Gasteiger partial charge in [0.15, 0.2) is 0 Å². The Bertz CT molecular complexity index is 1050. The van der Waals surface area contributed by atoms with E-state index in [4.69, 9.17) is 9.26 Å². The summed E-state index contributed by atoms with van der Waals surface area (Å²) in [5, 5.41) is 8.19. The summed E-state index contributed by atoms with van der Waals surface area (Å²) in [5.41, 5.74) is 2.09. The molecule has 9 heteroatoms. The number of hydrogen-bond donors (Lipinski definition) is 1. The fourth-order valence-electron chi connectivity index (χ4n) is 4.09. The second kappa shape index (κ2) is 11.4. The highest BCUT2D eigenvalue weighted by Gasteiger charge is 2.28. The van der Waals surface area contributed by atoms with Gasteiger partial charge < -0.3 is 19.5 Å². The molecule has 0 saturated carbocycles. The van der Waals surface area contributed by atoms with E-state index in [1.165, 1.54) is 18.5 Å². The highest BCUT2D eigenvalue weighted by atomic mass is 32.2. The number of carbonyl (C=O) groups is 1. The van der Waals surface area contributed by atoms with Gasteiger partial charge >= 0.3 is 0 Å². The number of nitrogens with one attached hydrogen (secondary N) is 1. The quantitative estimate of drug-likeness (QED) is 0.443. The summed E-state index contributed by atoms with van der Waals surface area (Å²) >= 11 is 1.95. The van der Waals surface area contributed by atoms with E-state index < -0.39 is 0 Å². The van der Waals surface area contributed by atoms with Crippen LogP contribution >= 0.6 is 11.8 Å². The third kappa shape index (κ3) is 5.58. The molecule has 3 heterocycles. The van der Waals surface area contributed by atoms with Crippen molar-refractivity contribution in [3.63, 3.8) is 0 Å². The molecule has 1 aliphatic heterocycles. The van der Waals surface area contributed by atoms with Gasteiger partial charge in [-0.25, -0.2) is 4.98 Å². The number of piperidine rings is 1. The van der Waals surface area contributed by atoms with Crippen LogP contribution in [0.4, 0.5) is 5.82 Å². The van der Waals surface area contributed by atoms with E-state index >= 15 is 0 Å². The molecule has 1 aromatic carbocycles. The Hall–Kier alpha value is -2.81. The number of thioether (sulfide) groups is 1. The predicted octanol–water partition coefficient (Wildman–Crippen LogP) is 4.16. The maximum absolute atomic E-state index is 12.6. The fourth-order valence-corrected chi connectivity index (χ4v) is 4.93. The van der Waals surface area contributed by atoms with Crippen LogP contribution < -0.4 is 15.0 Å². The Kier molecular flexibility index (Phi) is 8.04. The van der Waals surface area contributed by atoms with Crippen molar-refractivity contribution in [2.24, 2.45) is 5.92 Å². The number of hydrogen-bond acceptors (Lipinski definition) is 8. The number of benzene rings is 1. The van der Waals surface area contributed by atoms with Crippen LogP contribution in [0, 0.1) is 5.92 Å². The van der Waals surface area contributed by atoms with Gasteiger partial charge in [-0.05, 0) is 61.5 Å². The molecule has 8 nitrogen and oxygen atoms in total. The summed E-state index contributed by atoms with van der Waals surface area (Å²) in [6, 6.07) is 7.69. The zero-order valence-corrected chi connectivity index (χ0v) is 20.1. The third-order valence-corrected chi connectivity index (χ3v) is 7.17. The van der Waals surface area contributed by atoms with Crippen LogP contribution in [0.3, 0.4) is 0 Å². The molecule has 1 saturated heterocycles. The molecule has 0 atom stereocenters. The Morgan fingerprint density at radius 3 is 2.73 bits per heavy atom. The molecule has 0 bridgehead atoms. The Labute approximate surface area is 198 Å². The van der Waals surface area contributed by atoms with Gasteiger partial charge in [0.2, 0.25) is 5.91 Å². The van der Waals surface area contributed by atoms with Crippen molar-refractivity contribution in [2.75, 3.05) is 43.1 Å². The lowest BCUT2D eigenvalue weighted by molar-refractivity contribution is -0.125. The summed E-state index contributed by atoms with van der Waals surface area (Å²) in [5.74, 6) is 4.10. The molecule has 0 spiro atoms. The smallest absolute Gasteiger partial charge is 0.263 e. The molecule has 0 radical (unpaired) electrons. The standard InChI is InChI=1S/C24H31N5O3S/c1-3-14-33-15-4-11-25-23(30)18-9-12-29(13-10-18)22-20-21(28-32-24(20)27-16-26-22)17-5-7-19(31-2)8-6-17/h5-8,16,18H,3-4,9-15H2,1-2H3,(H,25,30). The van der Waals surface area contributed by atoms with Crippen molar-refractivity contribution in [2.45, 2.75) is 32.6 Å². The summed E-state index contributed by atoms with van der Waals surface area (Å²) in [6.07, 6.45) is 5.33. The SMILES string of the molecule is CCCSCCCNC(=O)C1CCN(c2ncnc3onc(-c4ccc(OC)cc4)c23)CC1. The van der Waals surface area contributed by atoms with Crippen molar-refractivity contribution in [1.82, 2.24) is 20.4 Å². The lowest BCUT2D eigenvalue weighted by Gasteiger charge is -2.32. The van der Waals surface area contributed by atoms with E-state index in [2.05, 4.69) is 32.3 Å². The fraction of sp³-hybridized carbons (Fsp3) is 0.500. The molecule has 1 fully saturated rings. The van der Waals surface area contributed by atoms with Gasteiger partial charge in [0, 0.05) is 31.1 Å². The van der Waals surface area contributed by atoms with Gasteiger partial charge in [-0.3, -0.25) is 4.79 Å². The second-order valence-electron chi connectivity index (χ2n) is 8.16. The van der Waals surface area contributed by atoms with Crippen LogP contribution in [-0.4, -0.2) is 59.3 Å². The molecule has 33 heavy (non-hydrogen) atoms. The highest BCUT2D eigenvalue weighted by Crippen LogP contribution is 2.35. The van der Waals surface area contributed by atoms with Crippen LogP contribution in [0.25, 0.3) is 22.4 Å². The molecule has 4 rings (SSSR count). The molecule has 1 aliphatic rings. The lowest BCUT2D eigenvalue weighted by Crippen LogP contribution is -2.41. The number of nitrogens with zero attached hydrogens (tertiary/aromatic N) is 4. The number of aromatic nitrogens is 3. The number of amides is 1. The summed E-state index contributed by atoms with van der Waals surface area (Å²) in [6.45, 7) is 4.46. The molecule has 1 N–H and O–H groups in total. The number of anilines is 1. The van der Waals surface area contributed by atoms with Gasteiger partial charge in [-0.1, -0.05) is 12.1 Å². The van der Waals surface area contributed by atoms with Crippen molar-refractivity contribution in [1.29, 1.82) is 0 Å². The minimum atomic E-state index is 0.0467. The lowest BCUT2D eigenvalue weighted by atomic mass is 9.95. The largest absolute Gasteiger partial charge is 0.497 e. The Balaban J connectivity index is 1.40. The first-order valence-corrected chi connectivity index (χ1v) is 12.7. The monoisotopic (exact) mass is 469 g/mol. The van der Waals surface area contributed by atoms with E-state index in [-0.39, 0.29) is 11.8 Å². The number of methoxy groups -OCH3 is 1. The van der Waals surface area contributed by atoms with E-state index in [1.807, 2.05) is 36.0 Å².